The van der Waals surface area contributed by atoms with Crippen LogP contribution in [-0.2, 0) is 16.0 Å². The van der Waals surface area contributed by atoms with Gasteiger partial charge in [-0.05, 0) is 42.7 Å². The van der Waals surface area contributed by atoms with Crippen LogP contribution in [0.3, 0.4) is 0 Å². The molecule has 1 heterocycles. The lowest BCUT2D eigenvalue weighted by Crippen LogP contribution is -2.53. The molecule has 9 heteroatoms. The van der Waals surface area contributed by atoms with Crippen molar-refractivity contribution in [3.05, 3.63) is 59.9 Å². The fraction of sp³-hybridized carbons (Fsp3) is 0.375. The molecule has 0 aromatic heterocycles. The van der Waals surface area contributed by atoms with Gasteiger partial charge in [0.2, 0.25) is 11.8 Å². The number of carbonyl (C=O) groups excluding carboxylic acids is 3. The molecule has 1 fully saturated rings. The lowest BCUT2D eigenvalue weighted by atomic mass is 10.0. The minimum atomic E-state index is -0.762. The van der Waals surface area contributed by atoms with Gasteiger partial charge in [-0.3, -0.25) is 9.59 Å². The number of amides is 4. The minimum Gasteiger partial charge on any atom is -0.497 e. The van der Waals surface area contributed by atoms with Crippen molar-refractivity contribution in [2.75, 3.05) is 25.5 Å². The third-order valence-electron chi connectivity index (χ3n) is 5.50. The fourth-order valence-electron chi connectivity index (χ4n) is 3.74. The number of nitrogens with zero attached hydrogens (tertiary/aromatic N) is 1. The number of methoxy groups -OCH3 is 1. The molecule has 4 amide bonds. The summed E-state index contributed by atoms with van der Waals surface area (Å²) < 4.78 is 18.3. The Morgan fingerprint density at radius 2 is 1.82 bits per heavy atom. The summed E-state index contributed by atoms with van der Waals surface area (Å²) in [4.78, 5) is 38.7. The van der Waals surface area contributed by atoms with E-state index in [1.165, 1.54) is 19.1 Å². The maximum Gasteiger partial charge on any atom is 0.321 e. The van der Waals surface area contributed by atoms with Gasteiger partial charge in [0.15, 0.2) is 0 Å². The number of nitrogens with one attached hydrogen (secondary N) is 3. The highest BCUT2D eigenvalue weighted by molar-refractivity contribution is 5.90. The number of benzene rings is 2. The van der Waals surface area contributed by atoms with Gasteiger partial charge in [0.25, 0.3) is 0 Å². The van der Waals surface area contributed by atoms with E-state index in [2.05, 4.69) is 16.0 Å². The van der Waals surface area contributed by atoms with E-state index in [1.54, 1.807) is 48.4 Å². The summed E-state index contributed by atoms with van der Waals surface area (Å²) in [6.45, 7) is 2.33. The molecule has 0 bridgehead atoms. The Balaban J connectivity index is 1.51. The van der Waals surface area contributed by atoms with E-state index in [4.69, 9.17) is 4.74 Å². The van der Waals surface area contributed by atoms with Crippen LogP contribution in [-0.4, -0.2) is 55.0 Å². The molecule has 1 aliphatic heterocycles. The molecule has 2 aromatic carbocycles. The monoisotopic (exact) mass is 456 g/mol. The summed E-state index contributed by atoms with van der Waals surface area (Å²) in [5, 5.41) is 8.50. The average molecular weight is 457 g/mol. The molecule has 2 aromatic rings. The van der Waals surface area contributed by atoms with Gasteiger partial charge in [-0.2, -0.15) is 0 Å². The summed E-state index contributed by atoms with van der Waals surface area (Å²) in [5.41, 5.74) is 1.39. The number of likely N-dealkylation sites (tertiary alicyclic amines) is 1. The van der Waals surface area contributed by atoms with Gasteiger partial charge < -0.3 is 25.6 Å². The Labute approximate surface area is 192 Å². The summed E-state index contributed by atoms with van der Waals surface area (Å²) in [6, 6.07) is 11.9. The Kier molecular flexibility index (Phi) is 8.23. The van der Waals surface area contributed by atoms with Crippen LogP contribution in [0.4, 0.5) is 14.9 Å². The summed E-state index contributed by atoms with van der Waals surface area (Å²) in [6.07, 6.45) is 1.45. The van der Waals surface area contributed by atoms with Crippen molar-refractivity contribution in [3.8, 4) is 5.75 Å². The van der Waals surface area contributed by atoms with E-state index in [1.807, 2.05) is 0 Å². The van der Waals surface area contributed by atoms with Crippen molar-refractivity contribution in [3.63, 3.8) is 0 Å². The van der Waals surface area contributed by atoms with E-state index in [9.17, 15) is 18.8 Å². The van der Waals surface area contributed by atoms with Crippen molar-refractivity contribution in [1.82, 2.24) is 15.5 Å². The first-order valence-corrected chi connectivity index (χ1v) is 10.9. The third kappa shape index (κ3) is 7.20. The molecule has 176 valence electrons. The molecule has 1 aliphatic rings. The lowest BCUT2D eigenvalue weighted by Gasteiger charge is -2.33. The molecule has 0 radical (unpaired) electrons. The first kappa shape index (κ1) is 24.0. The smallest absolute Gasteiger partial charge is 0.321 e. The second-order valence-electron chi connectivity index (χ2n) is 8.02. The average Bonchev–Trinajstić information content (AvgIpc) is 2.80. The topological polar surface area (TPSA) is 99.8 Å². The second kappa shape index (κ2) is 11.3. The van der Waals surface area contributed by atoms with E-state index in [-0.39, 0.29) is 36.1 Å². The quantitative estimate of drug-likeness (QED) is 0.597. The molecular weight excluding hydrogens is 427 g/mol. The van der Waals surface area contributed by atoms with Gasteiger partial charge in [0.1, 0.15) is 17.6 Å². The molecule has 3 N–H and O–H groups in total. The lowest BCUT2D eigenvalue weighted by molar-refractivity contribution is -0.128. The predicted molar refractivity (Wildman–Crippen MR) is 122 cm³/mol. The summed E-state index contributed by atoms with van der Waals surface area (Å²) in [7, 11) is 1.57. The molecule has 1 saturated heterocycles. The Bertz CT molecular complexity index is 975. The number of hydrogen-bond donors (Lipinski definition) is 3. The SMILES string of the molecule is COc1cccc(NC(=O)N2CCC(NC(=O)C(Cc3ccc(F)cc3)NC(C)=O)CC2)c1. The zero-order chi connectivity index (χ0) is 23.8. The van der Waals surface area contributed by atoms with E-state index in [0.717, 1.165) is 5.56 Å². The van der Waals surface area contributed by atoms with Crippen molar-refractivity contribution < 1.29 is 23.5 Å². The summed E-state index contributed by atoms with van der Waals surface area (Å²) >= 11 is 0. The van der Waals surface area contributed by atoms with Crippen LogP contribution in [0.2, 0.25) is 0 Å². The van der Waals surface area contributed by atoms with E-state index in [0.29, 0.717) is 37.4 Å². The minimum absolute atomic E-state index is 0.108. The van der Waals surface area contributed by atoms with Crippen LogP contribution in [0.25, 0.3) is 0 Å². The van der Waals surface area contributed by atoms with Crippen molar-refractivity contribution >= 4 is 23.5 Å². The van der Waals surface area contributed by atoms with Crippen LogP contribution in [0, 0.1) is 5.82 Å². The van der Waals surface area contributed by atoms with Gasteiger partial charge in [-0.1, -0.05) is 18.2 Å². The molecule has 1 unspecified atom stereocenters. The highest BCUT2D eigenvalue weighted by atomic mass is 19.1. The van der Waals surface area contributed by atoms with Crippen LogP contribution < -0.4 is 20.7 Å². The van der Waals surface area contributed by atoms with Crippen molar-refractivity contribution in [2.45, 2.75) is 38.3 Å². The van der Waals surface area contributed by atoms with Crippen LogP contribution in [0.5, 0.6) is 5.75 Å². The summed E-state index contributed by atoms with van der Waals surface area (Å²) in [5.74, 6) is -0.319. The van der Waals surface area contributed by atoms with Crippen molar-refractivity contribution in [2.24, 2.45) is 0 Å². The normalized spacial score (nSPS) is 14.8. The van der Waals surface area contributed by atoms with Gasteiger partial charge in [-0.15, -0.1) is 0 Å². The maximum atomic E-state index is 13.2. The first-order valence-electron chi connectivity index (χ1n) is 10.9. The van der Waals surface area contributed by atoms with Crippen LogP contribution >= 0.6 is 0 Å². The standard InChI is InChI=1S/C24H29FN4O4/c1-16(30)26-22(14-17-6-8-18(25)9-7-17)23(31)27-19-10-12-29(13-11-19)24(32)28-20-4-3-5-21(15-20)33-2/h3-9,15,19,22H,10-14H2,1-2H3,(H,26,30)(H,27,31)(H,28,32). The Hall–Kier alpha value is -3.62. The molecular formula is C24H29FN4O4. The van der Waals surface area contributed by atoms with Crippen molar-refractivity contribution in [1.29, 1.82) is 0 Å². The third-order valence-corrected chi connectivity index (χ3v) is 5.50. The largest absolute Gasteiger partial charge is 0.497 e. The second-order valence-corrected chi connectivity index (χ2v) is 8.02. The number of halogens is 1. The number of urea groups is 1. The predicted octanol–water partition coefficient (Wildman–Crippen LogP) is 2.69. The zero-order valence-corrected chi connectivity index (χ0v) is 18.8. The number of ether oxygens (including phenoxy) is 1. The number of piperidine rings is 1. The maximum absolute atomic E-state index is 13.2. The molecule has 3 rings (SSSR count). The number of anilines is 1. The molecule has 0 spiro atoms. The molecule has 1 atom stereocenters. The van der Waals surface area contributed by atoms with Gasteiger partial charge in [0.05, 0.1) is 7.11 Å². The number of hydrogen-bond acceptors (Lipinski definition) is 4. The Morgan fingerprint density at radius 3 is 2.45 bits per heavy atom. The van der Waals surface area contributed by atoms with Crippen LogP contribution in [0.1, 0.15) is 25.3 Å². The van der Waals surface area contributed by atoms with Gasteiger partial charge in [-0.25, -0.2) is 9.18 Å². The van der Waals surface area contributed by atoms with Gasteiger partial charge in [0, 0.05) is 44.2 Å². The molecule has 33 heavy (non-hydrogen) atoms. The first-order chi connectivity index (χ1) is 15.8. The fourth-order valence-corrected chi connectivity index (χ4v) is 3.74. The van der Waals surface area contributed by atoms with E-state index >= 15 is 0 Å². The number of carbonyl (C=O) groups is 3. The van der Waals surface area contributed by atoms with E-state index < -0.39 is 6.04 Å². The molecule has 8 nitrogen and oxygen atoms in total. The zero-order valence-electron chi connectivity index (χ0n) is 18.8. The van der Waals surface area contributed by atoms with Crippen LogP contribution in [0.15, 0.2) is 48.5 Å². The van der Waals surface area contributed by atoms with Gasteiger partial charge >= 0.3 is 6.03 Å². The highest BCUT2D eigenvalue weighted by Gasteiger charge is 2.27. The number of rotatable bonds is 7. The molecule has 0 aliphatic carbocycles. The Morgan fingerprint density at radius 1 is 1.12 bits per heavy atom. The molecule has 0 saturated carbocycles. The highest BCUT2D eigenvalue weighted by Crippen LogP contribution is 2.18.